The van der Waals surface area contributed by atoms with Crippen LogP contribution in [0, 0.1) is 0 Å². The number of nitrogens with zero attached hydrogens (tertiary/aromatic N) is 4. The summed E-state index contributed by atoms with van der Waals surface area (Å²) in [6.07, 6.45) is 3.88. The van der Waals surface area contributed by atoms with Crippen molar-refractivity contribution in [1.82, 2.24) is 24.6 Å². The van der Waals surface area contributed by atoms with Gasteiger partial charge in [0.1, 0.15) is 11.7 Å². The van der Waals surface area contributed by atoms with Crippen molar-refractivity contribution < 1.29 is 14.3 Å². The predicted octanol–water partition coefficient (Wildman–Crippen LogP) is 2.14. The predicted molar refractivity (Wildman–Crippen MR) is 116 cm³/mol. The fourth-order valence-corrected chi connectivity index (χ4v) is 3.20. The van der Waals surface area contributed by atoms with Crippen LogP contribution in [-0.4, -0.2) is 44.4 Å². The lowest BCUT2D eigenvalue weighted by atomic mass is 10.2. The Morgan fingerprint density at radius 2 is 1.97 bits per heavy atom. The molecule has 164 valence electrons. The number of carbonyl (C=O) groups excluding carboxylic acids is 2. The molecule has 0 fully saturated rings. The molecule has 0 aliphatic rings. The Balaban J connectivity index is 1.54. The van der Waals surface area contributed by atoms with E-state index >= 15 is 0 Å². The van der Waals surface area contributed by atoms with Gasteiger partial charge in [0, 0.05) is 24.4 Å². The van der Waals surface area contributed by atoms with Gasteiger partial charge in [0.2, 0.25) is 5.91 Å². The third-order valence-electron chi connectivity index (χ3n) is 4.62. The summed E-state index contributed by atoms with van der Waals surface area (Å²) in [6.45, 7) is 3.17. The van der Waals surface area contributed by atoms with Gasteiger partial charge in [-0.25, -0.2) is 9.67 Å². The summed E-state index contributed by atoms with van der Waals surface area (Å²) in [5, 5.41) is 8.06. The minimum atomic E-state index is -0.300. The largest absolute Gasteiger partial charge is 0.466 e. The number of fused-ring (bicyclic) bond motifs is 1. The van der Waals surface area contributed by atoms with Gasteiger partial charge in [-0.3, -0.25) is 19.0 Å². The second-order valence-electron chi connectivity index (χ2n) is 6.92. The van der Waals surface area contributed by atoms with E-state index in [-0.39, 0.29) is 30.3 Å². The van der Waals surface area contributed by atoms with Crippen LogP contribution in [0.5, 0.6) is 0 Å². The number of rotatable bonds is 10. The van der Waals surface area contributed by atoms with E-state index in [0.717, 1.165) is 5.56 Å². The van der Waals surface area contributed by atoms with Crippen LogP contribution < -0.4 is 10.9 Å². The first kappa shape index (κ1) is 22.5. The monoisotopic (exact) mass is 445 g/mol. The van der Waals surface area contributed by atoms with Gasteiger partial charge in [-0.2, -0.15) is 5.10 Å². The molecule has 2 aromatic heterocycles. The van der Waals surface area contributed by atoms with Gasteiger partial charge >= 0.3 is 5.97 Å². The lowest BCUT2D eigenvalue weighted by Crippen LogP contribution is -2.27. The average Bonchev–Trinajstić information content (AvgIpc) is 3.15. The van der Waals surface area contributed by atoms with E-state index < -0.39 is 0 Å². The molecule has 0 aliphatic heterocycles. The fraction of sp³-hybridized carbons (Fsp3) is 0.381. The minimum absolute atomic E-state index is 0.154. The van der Waals surface area contributed by atoms with Crippen LogP contribution in [0.15, 0.2) is 41.6 Å². The Hall–Kier alpha value is -3.20. The van der Waals surface area contributed by atoms with Gasteiger partial charge in [-0.1, -0.05) is 23.7 Å². The van der Waals surface area contributed by atoms with Gasteiger partial charge in [0.05, 0.1) is 25.9 Å². The number of aromatic nitrogens is 4. The molecule has 0 atom stereocenters. The van der Waals surface area contributed by atoms with Crippen molar-refractivity contribution in [3.63, 3.8) is 0 Å². The highest BCUT2D eigenvalue weighted by Crippen LogP contribution is 2.11. The highest BCUT2D eigenvalue weighted by molar-refractivity contribution is 6.30. The number of hydrogen-bond donors (Lipinski definition) is 1. The Kier molecular flexibility index (Phi) is 7.77. The summed E-state index contributed by atoms with van der Waals surface area (Å²) in [6, 6.07) is 7.27. The van der Waals surface area contributed by atoms with Crippen LogP contribution in [0.3, 0.4) is 0 Å². The molecule has 3 aromatic rings. The maximum atomic E-state index is 12.8. The van der Waals surface area contributed by atoms with E-state index in [9.17, 15) is 14.4 Å². The molecule has 0 unspecified atom stereocenters. The number of amides is 1. The van der Waals surface area contributed by atoms with E-state index in [1.54, 1.807) is 23.7 Å². The van der Waals surface area contributed by atoms with Crippen LogP contribution in [0.4, 0.5) is 0 Å². The normalized spacial score (nSPS) is 10.9. The SMILES string of the molecule is CCOC(=O)CCCC(=O)NCCn1ncc2c(=O)n(Cc3ccc(Cl)cc3)cnc21. The molecule has 1 amide bonds. The van der Waals surface area contributed by atoms with E-state index in [2.05, 4.69) is 15.4 Å². The topological polar surface area (TPSA) is 108 Å². The summed E-state index contributed by atoms with van der Waals surface area (Å²) in [4.78, 5) is 40.3. The molecule has 3 rings (SSSR count). The fourth-order valence-electron chi connectivity index (χ4n) is 3.08. The third kappa shape index (κ3) is 6.14. The van der Waals surface area contributed by atoms with Gasteiger partial charge in [0.25, 0.3) is 5.56 Å². The summed E-state index contributed by atoms with van der Waals surface area (Å²) in [5.74, 6) is -0.454. The quantitative estimate of drug-likeness (QED) is 0.479. The molecule has 10 heteroatoms. The zero-order valence-electron chi connectivity index (χ0n) is 17.2. The molecule has 0 radical (unpaired) electrons. The molecule has 31 heavy (non-hydrogen) atoms. The number of ether oxygens (including phenoxy) is 1. The summed E-state index contributed by atoms with van der Waals surface area (Å²) in [5.41, 5.74) is 1.22. The molecular weight excluding hydrogens is 422 g/mol. The molecule has 1 aromatic carbocycles. The Labute approximate surface area is 184 Å². The van der Waals surface area contributed by atoms with Gasteiger partial charge in [-0.15, -0.1) is 0 Å². The van der Waals surface area contributed by atoms with Crippen molar-refractivity contribution in [3.8, 4) is 0 Å². The number of carbonyl (C=O) groups is 2. The van der Waals surface area contributed by atoms with Crippen molar-refractivity contribution in [3.05, 3.63) is 57.7 Å². The number of benzene rings is 1. The molecule has 1 N–H and O–H groups in total. The van der Waals surface area contributed by atoms with Gasteiger partial charge in [0.15, 0.2) is 5.65 Å². The first-order valence-electron chi connectivity index (χ1n) is 10.1. The second kappa shape index (κ2) is 10.7. The van der Waals surface area contributed by atoms with Gasteiger partial charge < -0.3 is 10.1 Å². The van der Waals surface area contributed by atoms with Crippen molar-refractivity contribution in [2.75, 3.05) is 13.2 Å². The Morgan fingerprint density at radius 1 is 1.19 bits per heavy atom. The molecular formula is C21H24ClN5O4. The minimum Gasteiger partial charge on any atom is -0.466 e. The van der Waals surface area contributed by atoms with Crippen LogP contribution in [0.25, 0.3) is 11.0 Å². The van der Waals surface area contributed by atoms with Crippen LogP contribution in [0.1, 0.15) is 31.7 Å². The number of hydrogen-bond acceptors (Lipinski definition) is 6. The Morgan fingerprint density at radius 3 is 2.71 bits per heavy atom. The maximum Gasteiger partial charge on any atom is 0.305 e. The van der Waals surface area contributed by atoms with Crippen molar-refractivity contribution in [2.45, 2.75) is 39.3 Å². The van der Waals surface area contributed by atoms with Crippen molar-refractivity contribution >= 4 is 34.5 Å². The molecule has 0 saturated heterocycles. The molecule has 9 nitrogen and oxygen atoms in total. The summed E-state index contributed by atoms with van der Waals surface area (Å²) in [7, 11) is 0. The first-order valence-corrected chi connectivity index (χ1v) is 10.4. The second-order valence-corrected chi connectivity index (χ2v) is 7.35. The van der Waals surface area contributed by atoms with E-state index in [1.165, 1.54) is 17.1 Å². The van der Waals surface area contributed by atoms with Crippen molar-refractivity contribution in [1.29, 1.82) is 0 Å². The van der Waals surface area contributed by atoms with E-state index in [1.807, 2.05) is 12.1 Å². The molecule has 2 heterocycles. The molecule has 0 saturated carbocycles. The average molecular weight is 446 g/mol. The lowest BCUT2D eigenvalue weighted by molar-refractivity contribution is -0.143. The molecule has 0 bridgehead atoms. The highest BCUT2D eigenvalue weighted by Gasteiger charge is 2.11. The van der Waals surface area contributed by atoms with Crippen LogP contribution in [-0.2, 0) is 27.4 Å². The van der Waals surface area contributed by atoms with Crippen LogP contribution >= 0.6 is 11.6 Å². The standard InChI is InChI=1S/C21H24ClN5O4/c1-2-31-19(29)5-3-4-18(28)23-10-11-27-20-17(12-25-27)21(30)26(14-24-20)13-15-6-8-16(22)9-7-15/h6-9,12,14H,2-5,10-11,13H2,1H3,(H,23,28). The molecule has 0 spiro atoms. The zero-order chi connectivity index (χ0) is 22.2. The third-order valence-corrected chi connectivity index (χ3v) is 4.88. The van der Waals surface area contributed by atoms with Crippen molar-refractivity contribution in [2.24, 2.45) is 0 Å². The first-order chi connectivity index (χ1) is 15.0. The maximum absolute atomic E-state index is 12.8. The van der Waals surface area contributed by atoms with Crippen LogP contribution in [0.2, 0.25) is 5.02 Å². The smallest absolute Gasteiger partial charge is 0.305 e. The summed E-state index contributed by atoms with van der Waals surface area (Å²) < 4.78 is 7.93. The highest BCUT2D eigenvalue weighted by atomic mass is 35.5. The van der Waals surface area contributed by atoms with Gasteiger partial charge in [-0.05, 0) is 31.0 Å². The lowest BCUT2D eigenvalue weighted by Gasteiger charge is -2.08. The zero-order valence-corrected chi connectivity index (χ0v) is 18.0. The number of esters is 1. The van der Waals surface area contributed by atoms with E-state index in [4.69, 9.17) is 16.3 Å². The van der Waals surface area contributed by atoms with E-state index in [0.29, 0.717) is 48.7 Å². The number of nitrogens with one attached hydrogen (secondary N) is 1. The number of halogens is 1. The molecule has 0 aliphatic carbocycles. The Bertz CT molecular complexity index is 1110. The summed E-state index contributed by atoms with van der Waals surface area (Å²) >= 11 is 5.90.